The minimum Gasteiger partial charge on any atom is -0.480 e. The second kappa shape index (κ2) is 6.76. The van der Waals surface area contributed by atoms with Crippen molar-refractivity contribution in [2.75, 3.05) is 33.2 Å². The minimum atomic E-state index is -0.805. The number of nitrogens with zero attached hydrogens (tertiary/aromatic N) is 2. The van der Waals surface area contributed by atoms with Gasteiger partial charge in [-0.1, -0.05) is 29.3 Å². The normalized spacial score (nSPS) is 18.9. The molecule has 1 unspecified atom stereocenters. The van der Waals surface area contributed by atoms with E-state index in [1.54, 1.807) is 18.2 Å². The van der Waals surface area contributed by atoms with Crippen LogP contribution in [0.4, 0.5) is 0 Å². The van der Waals surface area contributed by atoms with Crippen molar-refractivity contribution in [3.63, 3.8) is 0 Å². The van der Waals surface area contributed by atoms with Crippen LogP contribution in [-0.2, 0) is 11.2 Å². The predicted octanol–water partition coefficient (Wildman–Crippen LogP) is 2.24. The molecule has 2 rings (SSSR count). The van der Waals surface area contributed by atoms with Gasteiger partial charge in [-0.2, -0.15) is 0 Å². The number of benzene rings is 1. The number of carboxylic acids is 1. The molecule has 0 aliphatic carbocycles. The van der Waals surface area contributed by atoms with Crippen molar-refractivity contribution >= 4 is 29.2 Å². The molecule has 1 aliphatic rings. The summed E-state index contributed by atoms with van der Waals surface area (Å²) >= 11 is 12.0. The molecule has 0 amide bonds. The van der Waals surface area contributed by atoms with E-state index in [2.05, 4.69) is 4.90 Å². The van der Waals surface area contributed by atoms with E-state index in [0.717, 1.165) is 31.7 Å². The van der Waals surface area contributed by atoms with Crippen LogP contribution in [0, 0.1) is 0 Å². The number of likely N-dealkylation sites (N-methyl/N-ethyl adjacent to an activating group) is 1. The smallest absolute Gasteiger partial charge is 0.321 e. The van der Waals surface area contributed by atoms with E-state index in [1.165, 1.54) is 0 Å². The second-order valence-electron chi connectivity index (χ2n) is 5.13. The van der Waals surface area contributed by atoms with Crippen LogP contribution in [0.15, 0.2) is 18.2 Å². The Balaban J connectivity index is 2.11. The molecule has 20 heavy (non-hydrogen) atoms. The number of halogens is 2. The third-order valence-corrected chi connectivity index (χ3v) is 4.28. The van der Waals surface area contributed by atoms with Gasteiger partial charge in [0.1, 0.15) is 6.04 Å². The van der Waals surface area contributed by atoms with Gasteiger partial charge in [-0.3, -0.25) is 9.69 Å². The third-order valence-electron chi connectivity index (χ3n) is 3.69. The van der Waals surface area contributed by atoms with E-state index in [0.29, 0.717) is 16.5 Å². The monoisotopic (exact) mass is 316 g/mol. The fourth-order valence-electron chi connectivity index (χ4n) is 2.40. The Hall–Kier alpha value is -0.810. The third kappa shape index (κ3) is 3.85. The quantitative estimate of drug-likeness (QED) is 0.925. The van der Waals surface area contributed by atoms with Crippen molar-refractivity contribution in [3.05, 3.63) is 33.8 Å². The van der Waals surface area contributed by atoms with Gasteiger partial charge in [0, 0.05) is 42.6 Å². The first-order chi connectivity index (χ1) is 9.47. The highest BCUT2D eigenvalue weighted by Crippen LogP contribution is 2.23. The van der Waals surface area contributed by atoms with Crippen molar-refractivity contribution in [1.82, 2.24) is 9.80 Å². The average molecular weight is 317 g/mol. The van der Waals surface area contributed by atoms with Crippen LogP contribution < -0.4 is 0 Å². The highest BCUT2D eigenvalue weighted by atomic mass is 35.5. The molecule has 110 valence electrons. The zero-order valence-corrected chi connectivity index (χ0v) is 12.9. The van der Waals surface area contributed by atoms with E-state index in [1.807, 2.05) is 11.9 Å². The zero-order chi connectivity index (χ0) is 14.7. The van der Waals surface area contributed by atoms with E-state index in [4.69, 9.17) is 23.2 Å². The van der Waals surface area contributed by atoms with Gasteiger partial charge in [0.2, 0.25) is 0 Å². The summed E-state index contributed by atoms with van der Waals surface area (Å²) in [5, 5.41) is 10.6. The SMILES string of the molecule is CN1CCN(C(Cc2ccc(Cl)cc2Cl)C(=O)O)CC1. The van der Waals surface area contributed by atoms with Crippen LogP contribution in [0.25, 0.3) is 0 Å². The molecule has 0 aromatic heterocycles. The number of aliphatic carboxylic acids is 1. The van der Waals surface area contributed by atoms with Gasteiger partial charge in [0.25, 0.3) is 0 Å². The minimum absolute atomic E-state index is 0.398. The van der Waals surface area contributed by atoms with Gasteiger partial charge in [-0.15, -0.1) is 0 Å². The van der Waals surface area contributed by atoms with Crippen molar-refractivity contribution in [1.29, 1.82) is 0 Å². The predicted molar refractivity (Wildman–Crippen MR) is 80.7 cm³/mol. The van der Waals surface area contributed by atoms with E-state index < -0.39 is 12.0 Å². The van der Waals surface area contributed by atoms with Crippen LogP contribution in [0.1, 0.15) is 5.56 Å². The lowest BCUT2D eigenvalue weighted by Gasteiger charge is -2.36. The molecule has 0 radical (unpaired) electrons. The summed E-state index contributed by atoms with van der Waals surface area (Å²) < 4.78 is 0. The first-order valence-corrected chi connectivity index (χ1v) is 7.32. The van der Waals surface area contributed by atoms with Gasteiger partial charge in [-0.05, 0) is 24.7 Å². The van der Waals surface area contributed by atoms with Crippen molar-refractivity contribution in [2.45, 2.75) is 12.5 Å². The largest absolute Gasteiger partial charge is 0.480 e. The van der Waals surface area contributed by atoms with Gasteiger partial charge in [0.05, 0.1) is 0 Å². The lowest BCUT2D eigenvalue weighted by atomic mass is 10.0. The molecule has 1 heterocycles. The maximum atomic E-state index is 11.5. The first-order valence-electron chi connectivity index (χ1n) is 6.56. The maximum absolute atomic E-state index is 11.5. The molecule has 0 saturated carbocycles. The number of hydrogen-bond acceptors (Lipinski definition) is 3. The number of carbonyl (C=O) groups is 1. The molecule has 1 aromatic rings. The number of hydrogen-bond donors (Lipinski definition) is 1. The van der Waals surface area contributed by atoms with Crippen molar-refractivity contribution in [2.24, 2.45) is 0 Å². The Labute approximate surface area is 128 Å². The standard InChI is InChI=1S/C14H18Cl2N2O2/c1-17-4-6-18(7-5-17)13(14(19)20)8-10-2-3-11(15)9-12(10)16/h2-3,9,13H,4-8H2,1H3,(H,19,20). The molecular formula is C14H18Cl2N2O2. The van der Waals surface area contributed by atoms with Gasteiger partial charge in [0.15, 0.2) is 0 Å². The van der Waals surface area contributed by atoms with E-state index >= 15 is 0 Å². The molecular weight excluding hydrogens is 299 g/mol. The summed E-state index contributed by atoms with van der Waals surface area (Å²) in [6.07, 6.45) is 0.398. The number of piperazine rings is 1. The molecule has 6 heteroatoms. The van der Waals surface area contributed by atoms with Crippen LogP contribution in [0.2, 0.25) is 10.0 Å². The average Bonchev–Trinajstić information content (AvgIpc) is 2.39. The molecule has 1 aromatic carbocycles. The lowest BCUT2D eigenvalue weighted by molar-refractivity contribution is -0.144. The highest BCUT2D eigenvalue weighted by Gasteiger charge is 2.28. The summed E-state index contributed by atoms with van der Waals surface area (Å²) in [6, 6.07) is 4.66. The Kier molecular flexibility index (Phi) is 5.27. The van der Waals surface area contributed by atoms with Crippen molar-refractivity contribution < 1.29 is 9.90 Å². The highest BCUT2D eigenvalue weighted by molar-refractivity contribution is 6.35. The maximum Gasteiger partial charge on any atom is 0.321 e. The van der Waals surface area contributed by atoms with E-state index in [-0.39, 0.29) is 0 Å². The molecule has 1 N–H and O–H groups in total. The van der Waals surface area contributed by atoms with Gasteiger partial charge in [-0.25, -0.2) is 0 Å². The fraction of sp³-hybridized carbons (Fsp3) is 0.500. The van der Waals surface area contributed by atoms with Crippen LogP contribution in [-0.4, -0.2) is 60.1 Å². The molecule has 0 bridgehead atoms. The molecule has 1 fully saturated rings. The summed E-state index contributed by atoms with van der Waals surface area (Å²) in [4.78, 5) is 15.7. The Morgan fingerprint density at radius 2 is 1.95 bits per heavy atom. The van der Waals surface area contributed by atoms with Gasteiger partial charge < -0.3 is 10.0 Å². The summed E-state index contributed by atoms with van der Waals surface area (Å²) in [5.74, 6) is -0.805. The summed E-state index contributed by atoms with van der Waals surface area (Å²) in [5.41, 5.74) is 0.822. The second-order valence-corrected chi connectivity index (χ2v) is 5.98. The fourth-order valence-corrected chi connectivity index (χ4v) is 2.89. The van der Waals surface area contributed by atoms with E-state index in [9.17, 15) is 9.90 Å². The number of rotatable bonds is 4. The molecule has 4 nitrogen and oxygen atoms in total. The van der Waals surface area contributed by atoms with Crippen LogP contribution in [0.3, 0.4) is 0 Å². The van der Waals surface area contributed by atoms with Crippen LogP contribution >= 0.6 is 23.2 Å². The molecule has 1 atom stereocenters. The van der Waals surface area contributed by atoms with Crippen LogP contribution in [0.5, 0.6) is 0 Å². The zero-order valence-electron chi connectivity index (χ0n) is 11.4. The van der Waals surface area contributed by atoms with Crippen molar-refractivity contribution in [3.8, 4) is 0 Å². The van der Waals surface area contributed by atoms with Gasteiger partial charge >= 0.3 is 5.97 Å². The lowest BCUT2D eigenvalue weighted by Crippen LogP contribution is -2.52. The Morgan fingerprint density at radius 3 is 2.50 bits per heavy atom. The summed E-state index contributed by atoms with van der Waals surface area (Å²) in [7, 11) is 2.04. The Morgan fingerprint density at radius 1 is 1.30 bits per heavy atom. The molecule has 1 aliphatic heterocycles. The summed E-state index contributed by atoms with van der Waals surface area (Å²) in [6.45, 7) is 3.30. The Bertz CT molecular complexity index is 488. The number of carboxylic acid groups (broad SMARTS) is 1. The first kappa shape index (κ1) is 15.6. The molecule has 1 saturated heterocycles. The molecule has 0 spiro atoms. The topological polar surface area (TPSA) is 43.8 Å².